The monoisotopic (exact) mass is 242 g/mol. The van der Waals surface area contributed by atoms with Crippen molar-refractivity contribution in [3.05, 3.63) is 35.9 Å². The second kappa shape index (κ2) is 6.01. The van der Waals surface area contributed by atoms with E-state index in [4.69, 9.17) is 0 Å². The lowest BCUT2D eigenvalue weighted by atomic mass is 9.98. The van der Waals surface area contributed by atoms with Gasteiger partial charge in [-0.3, -0.25) is 0 Å². The van der Waals surface area contributed by atoms with Gasteiger partial charge in [0.15, 0.2) is 0 Å². The summed E-state index contributed by atoms with van der Waals surface area (Å²) in [5, 5.41) is 9.19. The molecule has 16 heavy (non-hydrogen) atoms. The number of aliphatic hydroxyl groups is 1. The molecule has 0 saturated heterocycles. The van der Waals surface area contributed by atoms with E-state index in [1.807, 2.05) is 30.3 Å². The summed E-state index contributed by atoms with van der Waals surface area (Å²) in [6, 6.07) is 9.81. The van der Waals surface area contributed by atoms with Crippen LogP contribution in [0.25, 0.3) is 0 Å². The summed E-state index contributed by atoms with van der Waals surface area (Å²) in [7, 11) is -2.93. The zero-order valence-electron chi connectivity index (χ0n) is 9.46. The molecule has 0 saturated carbocycles. The van der Waals surface area contributed by atoms with Crippen molar-refractivity contribution in [2.75, 3.05) is 18.6 Å². The first-order valence-electron chi connectivity index (χ1n) is 5.34. The number of hydrogen-bond donors (Lipinski definition) is 1. The van der Waals surface area contributed by atoms with Crippen LogP contribution in [0.4, 0.5) is 0 Å². The molecule has 0 aliphatic carbocycles. The molecule has 1 N–H and O–H groups in total. The topological polar surface area (TPSA) is 54.4 Å². The zero-order chi connectivity index (χ0) is 12.0. The fourth-order valence-corrected chi connectivity index (χ4v) is 2.35. The van der Waals surface area contributed by atoms with E-state index in [0.717, 1.165) is 12.0 Å². The first-order valence-corrected chi connectivity index (χ1v) is 7.40. The van der Waals surface area contributed by atoms with Crippen molar-refractivity contribution < 1.29 is 13.5 Å². The minimum atomic E-state index is -2.93. The second-order valence-corrected chi connectivity index (χ2v) is 6.42. The van der Waals surface area contributed by atoms with Gasteiger partial charge in [-0.25, -0.2) is 8.42 Å². The summed E-state index contributed by atoms with van der Waals surface area (Å²) in [5.41, 5.74) is 1.13. The third-order valence-electron chi connectivity index (χ3n) is 2.52. The van der Waals surface area contributed by atoms with E-state index in [9.17, 15) is 13.5 Å². The summed E-state index contributed by atoms with van der Waals surface area (Å²) < 4.78 is 22.0. The molecule has 1 aromatic rings. The number of benzene rings is 1. The molecule has 0 spiro atoms. The standard InChI is InChI=1S/C12H18O3S/c1-16(14,15)8-7-12(10-13)9-11-5-3-2-4-6-11/h2-6,12-13H,7-10H2,1H3. The first-order chi connectivity index (χ1) is 7.51. The molecule has 1 aromatic carbocycles. The third kappa shape index (κ3) is 5.28. The van der Waals surface area contributed by atoms with Crippen LogP contribution in [0.2, 0.25) is 0 Å². The van der Waals surface area contributed by atoms with Crippen molar-refractivity contribution in [1.29, 1.82) is 0 Å². The summed E-state index contributed by atoms with van der Waals surface area (Å²) >= 11 is 0. The van der Waals surface area contributed by atoms with Gasteiger partial charge in [0.05, 0.1) is 5.75 Å². The van der Waals surface area contributed by atoms with Crippen LogP contribution in [-0.2, 0) is 16.3 Å². The van der Waals surface area contributed by atoms with Crippen molar-refractivity contribution in [1.82, 2.24) is 0 Å². The van der Waals surface area contributed by atoms with Gasteiger partial charge in [-0.2, -0.15) is 0 Å². The van der Waals surface area contributed by atoms with Crippen molar-refractivity contribution in [2.24, 2.45) is 5.92 Å². The van der Waals surface area contributed by atoms with Gasteiger partial charge < -0.3 is 5.11 Å². The van der Waals surface area contributed by atoms with Crippen LogP contribution in [0, 0.1) is 5.92 Å². The predicted octanol–water partition coefficient (Wildman–Crippen LogP) is 1.27. The molecule has 1 atom stereocenters. The molecule has 4 heteroatoms. The smallest absolute Gasteiger partial charge is 0.147 e. The average molecular weight is 242 g/mol. The fourth-order valence-electron chi connectivity index (χ4n) is 1.59. The number of rotatable bonds is 6. The van der Waals surface area contributed by atoms with Crippen molar-refractivity contribution >= 4 is 9.84 Å². The molecule has 0 radical (unpaired) electrons. The maximum atomic E-state index is 11.0. The van der Waals surface area contributed by atoms with E-state index in [2.05, 4.69) is 0 Å². The van der Waals surface area contributed by atoms with Gasteiger partial charge >= 0.3 is 0 Å². The summed E-state index contributed by atoms with van der Waals surface area (Å²) in [5.74, 6) is 0.169. The highest BCUT2D eigenvalue weighted by molar-refractivity contribution is 7.90. The Kier molecular flexibility index (Phi) is 4.96. The molecule has 90 valence electrons. The lowest BCUT2D eigenvalue weighted by molar-refractivity contribution is 0.222. The molecule has 0 amide bonds. The van der Waals surface area contributed by atoms with E-state index in [1.54, 1.807) is 0 Å². The highest BCUT2D eigenvalue weighted by Gasteiger charge is 2.12. The minimum Gasteiger partial charge on any atom is -0.396 e. The number of aliphatic hydroxyl groups excluding tert-OH is 1. The highest BCUT2D eigenvalue weighted by Crippen LogP contribution is 2.12. The molecule has 0 aromatic heterocycles. The maximum absolute atomic E-state index is 11.0. The van der Waals surface area contributed by atoms with Crippen molar-refractivity contribution in [2.45, 2.75) is 12.8 Å². The van der Waals surface area contributed by atoms with Gasteiger partial charge in [0.25, 0.3) is 0 Å². The molecule has 1 rings (SSSR count). The van der Waals surface area contributed by atoms with Gasteiger partial charge in [0.2, 0.25) is 0 Å². The molecular formula is C12H18O3S. The van der Waals surface area contributed by atoms with Crippen LogP contribution in [0.15, 0.2) is 30.3 Å². The normalized spacial score (nSPS) is 13.6. The van der Waals surface area contributed by atoms with Crippen LogP contribution < -0.4 is 0 Å². The van der Waals surface area contributed by atoms with Gasteiger partial charge in [-0.05, 0) is 24.3 Å². The lowest BCUT2D eigenvalue weighted by Gasteiger charge is -2.13. The Morgan fingerprint density at radius 2 is 1.88 bits per heavy atom. The Labute approximate surface area is 97.0 Å². The van der Waals surface area contributed by atoms with Crippen molar-refractivity contribution in [3.8, 4) is 0 Å². The van der Waals surface area contributed by atoms with Gasteiger partial charge in [0, 0.05) is 12.9 Å². The summed E-state index contributed by atoms with van der Waals surface area (Å²) in [4.78, 5) is 0. The van der Waals surface area contributed by atoms with E-state index < -0.39 is 9.84 Å². The zero-order valence-corrected chi connectivity index (χ0v) is 10.3. The van der Waals surface area contributed by atoms with Gasteiger partial charge in [-0.15, -0.1) is 0 Å². The lowest BCUT2D eigenvalue weighted by Crippen LogP contribution is -2.15. The SMILES string of the molecule is CS(=O)(=O)CCC(CO)Cc1ccccc1. The van der Waals surface area contributed by atoms with E-state index >= 15 is 0 Å². The summed E-state index contributed by atoms with van der Waals surface area (Å²) in [6.07, 6.45) is 2.47. The molecule has 1 unspecified atom stereocenters. The molecule has 0 heterocycles. The van der Waals surface area contributed by atoms with Crippen LogP contribution in [0.3, 0.4) is 0 Å². The van der Waals surface area contributed by atoms with Gasteiger partial charge in [0.1, 0.15) is 9.84 Å². The fraction of sp³-hybridized carbons (Fsp3) is 0.500. The van der Waals surface area contributed by atoms with E-state index in [1.165, 1.54) is 6.26 Å². The average Bonchev–Trinajstić information content (AvgIpc) is 2.24. The Hall–Kier alpha value is -0.870. The molecule has 0 aliphatic heterocycles. The third-order valence-corrected chi connectivity index (χ3v) is 3.50. The van der Waals surface area contributed by atoms with Crippen LogP contribution in [0.1, 0.15) is 12.0 Å². The molecule has 0 aliphatic rings. The first kappa shape index (κ1) is 13.2. The molecule has 0 bridgehead atoms. The molecule has 0 fully saturated rings. The van der Waals surface area contributed by atoms with E-state index in [-0.39, 0.29) is 18.3 Å². The van der Waals surface area contributed by atoms with Gasteiger partial charge in [-0.1, -0.05) is 30.3 Å². The molecular weight excluding hydrogens is 224 g/mol. The largest absolute Gasteiger partial charge is 0.396 e. The van der Waals surface area contributed by atoms with Crippen LogP contribution in [0.5, 0.6) is 0 Å². The summed E-state index contributed by atoms with van der Waals surface area (Å²) in [6.45, 7) is 0.0322. The van der Waals surface area contributed by atoms with Crippen LogP contribution in [-0.4, -0.2) is 32.1 Å². The highest BCUT2D eigenvalue weighted by atomic mass is 32.2. The minimum absolute atomic E-state index is 0.0251. The quantitative estimate of drug-likeness (QED) is 0.817. The second-order valence-electron chi connectivity index (χ2n) is 4.16. The molecule has 3 nitrogen and oxygen atoms in total. The van der Waals surface area contributed by atoms with Crippen LogP contribution >= 0.6 is 0 Å². The predicted molar refractivity (Wildman–Crippen MR) is 65.0 cm³/mol. The Balaban J connectivity index is 2.50. The maximum Gasteiger partial charge on any atom is 0.147 e. The number of sulfone groups is 1. The Morgan fingerprint density at radius 3 is 2.38 bits per heavy atom. The van der Waals surface area contributed by atoms with E-state index in [0.29, 0.717) is 6.42 Å². The van der Waals surface area contributed by atoms with Crippen molar-refractivity contribution in [3.63, 3.8) is 0 Å². The number of hydrogen-bond acceptors (Lipinski definition) is 3. The Morgan fingerprint density at radius 1 is 1.25 bits per heavy atom. The Bertz CT molecular complexity index is 398.